The number of hydrogen-bond donors (Lipinski definition) is 0. The van der Waals surface area contributed by atoms with Crippen molar-refractivity contribution < 1.29 is 0 Å². The second-order valence-corrected chi connectivity index (χ2v) is 7.98. The third-order valence-electron chi connectivity index (χ3n) is 2.29. The fraction of sp³-hybridized carbons (Fsp3) is 0.375. The minimum absolute atomic E-state index is 0.0777. The molecule has 0 saturated carbocycles. The Balaban J connectivity index is 2.88. The molecule has 0 heterocycles. The Hall–Kier alpha value is -1.26. The van der Waals surface area contributed by atoms with Crippen LogP contribution in [0.15, 0.2) is 30.3 Å². The number of rotatable bonds is 2. The molecule has 0 aliphatic carbocycles. The first kappa shape index (κ1) is 13.8. The molecule has 17 heavy (non-hydrogen) atoms. The van der Waals surface area contributed by atoms with Gasteiger partial charge in [0.15, 0.2) is 0 Å². The van der Waals surface area contributed by atoms with Gasteiger partial charge < -0.3 is 0 Å². The van der Waals surface area contributed by atoms with E-state index in [0.29, 0.717) is 0 Å². The predicted octanol–water partition coefficient (Wildman–Crippen LogP) is 3.71. The van der Waals surface area contributed by atoms with Gasteiger partial charge in [-0.05, 0) is 38.5 Å². The zero-order valence-electron chi connectivity index (χ0n) is 11.5. The molecule has 1 aromatic rings. The molecule has 0 aliphatic rings. The summed E-state index contributed by atoms with van der Waals surface area (Å²) in [6.45, 7) is 11.0. The molecule has 0 nitrogen and oxygen atoms in total. The molecule has 0 amide bonds. The highest BCUT2D eigenvalue weighted by atomic mass is 28.3. The summed E-state index contributed by atoms with van der Waals surface area (Å²) < 4.78 is 0. The summed E-state index contributed by atoms with van der Waals surface area (Å²) in [5.41, 5.74) is 1.39. The minimum Gasteiger partial charge on any atom is -0.0926 e. The van der Waals surface area contributed by atoms with Gasteiger partial charge in [-0.3, -0.25) is 0 Å². The van der Waals surface area contributed by atoms with Crippen molar-refractivity contribution in [3.05, 3.63) is 35.9 Å². The molecule has 0 aromatic heterocycles. The predicted molar refractivity (Wildman–Crippen MR) is 79.8 cm³/mol. The maximum atomic E-state index is 3.21. The quantitative estimate of drug-likeness (QED) is 0.547. The molecular formula is C16H21Si. The number of hydrogen-bond acceptors (Lipinski definition) is 0. The Morgan fingerprint density at radius 1 is 1.12 bits per heavy atom. The smallest absolute Gasteiger partial charge is 0.0799 e. The highest BCUT2D eigenvalue weighted by Crippen LogP contribution is 2.09. The molecule has 0 saturated heterocycles. The van der Waals surface area contributed by atoms with Crippen LogP contribution < -0.4 is 5.19 Å². The Morgan fingerprint density at radius 3 is 2.35 bits per heavy atom. The van der Waals surface area contributed by atoms with Crippen LogP contribution in [0.5, 0.6) is 0 Å². The number of benzene rings is 1. The van der Waals surface area contributed by atoms with Gasteiger partial charge >= 0.3 is 0 Å². The zero-order valence-corrected chi connectivity index (χ0v) is 12.5. The summed E-state index contributed by atoms with van der Waals surface area (Å²) in [6, 6.07) is 8.60. The molecule has 89 valence electrons. The summed E-state index contributed by atoms with van der Waals surface area (Å²) in [6.07, 6.45) is 4.10. The van der Waals surface area contributed by atoms with E-state index < -0.39 is 8.80 Å². The lowest BCUT2D eigenvalue weighted by Crippen LogP contribution is -2.24. The van der Waals surface area contributed by atoms with Gasteiger partial charge in [0.2, 0.25) is 0 Å². The van der Waals surface area contributed by atoms with Gasteiger partial charge in [0.1, 0.15) is 0 Å². The van der Waals surface area contributed by atoms with Crippen molar-refractivity contribution in [1.82, 2.24) is 0 Å². The molecule has 1 aromatic carbocycles. The summed E-state index contributed by atoms with van der Waals surface area (Å²) in [5.74, 6) is 6.33. The lowest BCUT2D eigenvalue weighted by Gasteiger charge is -2.07. The molecule has 1 radical (unpaired) electrons. The van der Waals surface area contributed by atoms with Gasteiger partial charge in [0.05, 0.1) is 8.80 Å². The summed E-state index contributed by atoms with van der Waals surface area (Å²) in [4.78, 5) is 0. The van der Waals surface area contributed by atoms with E-state index in [4.69, 9.17) is 0 Å². The van der Waals surface area contributed by atoms with Crippen molar-refractivity contribution in [2.45, 2.75) is 33.9 Å². The van der Waals surface area contributed by atoms with Crippen LogP contribution in [0.1, 0.15) is 26.3 Å². The third kappa shape index (κ3) is 5.06. The van der Waals surface area contributed by atoms with Crippen molar-refractivity contribution in [1.29, 1.82) is 0 Å². The van der Waals surface area contributed by atoms with E-state index in [0.717, 1.165) is 0 Å². The van der Waals surface area contributed by atoms with E-state index in [1.54, 1.807) is 0 Å². The van der Waals surface area contributed by atoms with E-state index in [-0.39, 0.29) is 5.41 Å². The van der Waals surface area contributed by atoms with Crippen LogP contribution in [0.4, 0.5) is 0 Å². The lowest BCUT2D eigenvalue weighted by molar-refractivity contribution is 0.571. The summed E-state index contributed by atoms with van der Waals surface area (Å²) >= 11 is 0. The molecule has 0 unspecified atom stereocenters. The molecule has 0 spiro atoms. The van der Waals surface area contributed by atoms with Gasteiger partial charge in [0.25, 0.3) is 0 Å². The average Bonchev–Trinajstić information content (AvgIpc) is 2.23. The SMILES string of the molecule is C[Si](C)c1ccccc1/C=C/C#CC(C)(C)C. The Morgan fingerprint density at radius 2 is 1.76 bits per heavy atom. The van der Waals surface area contributed by atoms with Crippen molar-refractivity contribution in [2.75, 3.05) is 0 Å². The Kier molecular flexibility index (Phi) is 4.78. The van der Waals surface area contributed by atoms with E-state index in [1.807, 2.05) is 6.08 Å². The van der Waals surface area contributed by atoms with Crippen LogP contribution in [-0.4, -0.2) is 8.80 Å². The van der Waals surface area contributed by atoms with Gasteiger partial charge in [-0.1, -0.05) is 54.4 Å². The second kappa shape index (κ2) is 5.89. The minimum atomic E-state index is -0.406. The van der Waals surface area contributed by atoms with Crippen LogP contribution in [0.3, 0.4) is 0 Å². The fourth-order valence-corrected chi connectivity index (χ4v) is 2.66. The van der Waals surface area contributed by atoms with Crippen molar-refractivity contribution in [3.8, 4) is 11.8 Å². The topological polar surface area (TPSA) is 0 Å². The molecule has 0 atom stereocenters. The molecule has 1 heteroatoms. The van der Waals surface area contributed by atoms with Crippen LogP contribution in [0.25, 0.3) is 6.08 Å². The molecule has 0 N–H and O–H groups in total. The van der Waals surface area contributed by atoms with Crippen LogP contribution in [0.2, 0.25) is 13.1 Å². The third-order valence-corrected chi connectivity index (χ3v) is 3.83. The summed E-state index contributed by atoms with van der Waals surface area (Å²) in [7, 11) is -0.406. The van der Waals surface area contributed by atoms with Gasteiger partial charge in [0, 0.05) is 5.41 Å². The normalized spacial score (nSPS) is 11.6. The van der Waals surface area contributed by atoms with Crippen molar-refractivity contribution >= 4 is 20.1 Å². The molecule has 0 fully saturated rings. The highest BCUT2D eigenvalue weighted by Gasteiger charge is 2.04. The molecular weight excluding hydrogens is 220 g/mol. The van der Waals surface area contributed by atoms with Crippen LogP contribution in [-0.2, 0) is 0 Å². The second-order valence-electron chi connectivity index (χ2n) is 5.44. The average molecular weight is 241 g/mol. The summed E-state index contributed by atoms with van der Waals surface area (Å²) in [5, 5.41) is 1.48. The highest BCUT2D eigenvalue weighted by molar-refractivity contribution is 6.71. The maximum Gasteiger partial charge on any atom is 0.0799 e. The standard InChI is InChI=1S/C16H21Si/c1-16(2,3)13-9-8-11-14-10-6-7-12-15(14)17(4)5/h6-8,10-12H,1-5H3/b11-8+. The Bertz CT molecular complexity index is 450. The largest absolute Gasteiger partial charge is 0.0926 e. The molecule has 1 rings (SSSR count). The van der Waals surface area contributed by atoms with Gasteiger partial charge in [-0.15, -0.1) is 0 Å². The number of allylic oxidation sites excluding steroid dienone is 1. The first-order valence-corrected chi connectivity index (χ1v) is 8.49. The lowest BCUT2D eigenvalue weighted by atomic mass is 9.98. The van der Waals surface area contributed by atoms with Gasteiger partial charge in [-0.25, -0.2) is 0 Å². The molecule has 0 aliphatic heterocycles. The fourth-order valence-electron chi connectivity index (χ4n) is 1.49. The first-order chi connectivity index (χ1) is 7.90. The van der Waals surface area contributed by atoms with E-state index in [9.17, 15) is 0 Å². The van der Waals surface area contributed by atoms with Crippen LogP contribution >= 0.6 is 0 Å². The Labute approximate surface area is 107 Å². The zero-order chi connectivity index (χ0) is 12.9. The first-order valence-electron chi connectivity index (χ1n) is 5.99. The van der Waals surface area contributed by atoms with E-state index >= 15 is 0 Å². The van der Waals surface area contributed by atoms with Gasteiger partial charge in [-0.2, -0.15) is 0 Å². The van der Waals surface area contributed by atoms with Crippen LogP contribution in [0, 0.1) is 17.3 Å². The monoisotopic (exact) mass is 241 g/mol. The van der Waals surface area contributed by atoms with E-state index in [1.165, 1.54) is 10.8 Å². The molecule has 0 bridgehead atoms. The van der Waals surface area contributed by atoms with Crippen molar-refractivity contribution in [2.24, 2.45) is 5.41 Å². The van der Waals surface area contributed by atoms with Crippen molar-refractivity contribution in [3.63, 3.8) is 0 Å². The maximum absolute atomic E-state index is 3.21. The van der Waals surface area contributed by atoms with E-state index in [2.05, 4.69) is 76.0 Å².